The van der Waals surface area contributed by atoms with Gasteiger partial charge in [0.15, 0.2) is 23.0 Å². The SMILES string of the molecule is COc1cccc([C@H]2C[C@](C)([NH+]3CCCC3)Oc3cc4c(cc32)OCO4)c1O. The number of phenols is 1. The maximum atomic E-state index is 10.9. The number of methoxy groups -OCH3 is 1. The van der Waals surface area contributed by atoms with Crippen LogP contribution in [0.3, 0.4) is 0 Å². The lowest BCUT2D eigenvalue weighted by Crippen LogP contribution is -3.19. The Labute approximate surface area is 164 Å². The van der Waals surface area contributed by atoms with E-state index in [0.29, 0.717) is 11.5 Å². The third-order valence-electron chi connectivity index (χ3n) is 6.39. The Morgan fingerprint density at radius 3 is 2.57 bits per heavy atom. The van der Waals surface area contributed by atoms with Crippen molar-refractivity contribution in [1.82, 2.24) is 0 Å². The van der Waals surface area contributed by atoms with Crippen LogP contribution in [0.2, 0.25) is 0 Å². The van der Waals surface area contributed by atoms with Crippen LogP contribution in [0.1, 0.15) is 43.2 Å². The summed E-state index contributed by atoms with van der Waals surface area (Å²) >= 11 is 0. The van der Waals surface area contributed by atoms with E-state index in [9.17, 15) is 5.11 Å². The van der Waals surface area contributed by atoms with E-state index in [2.05, 4.69) is 6.92 Å². The molecule has 28 heavy (non-hydrogen) atoms. The number of hydrogen-bond acceptors (Lipinski definition) is 5. The summed E-state index contributed by atoms with van der Waals surface area (Å²) in [7, 11) is 1.58. The van der Waals surface area contributed by atoms with Gasteiger partial charge in [-0.2, -0.15) is 0 Å². The summed E-state index contributed by atoms with van der Waals surface area (Å²) in [5.41, 5.74) is 1.51. The number of phenolic OH excluding ortho intramolecular Hbond substituents is 1. The van der Waals surface area contributed by atoms with E-state index in [1.807, 2.05) is 24.3 Å². The zero-order valence-electron chi connectivity index (χ0n) is 16.3. The molecule has 0 amide bonds. The maximum absolute atomic E-state index is 10.9. The van der Waals surface area contributed by atoms with Crippen molar-refractivity contribution in [1.29, 1.82) is 0 Å². The van der Waals surface area contributed by atoms with Gasteiger partial charge in [0.2, 0.25) is 12.5 Å². The van der Waals surface area contributed by atoms with E-state index in [1.165, 1.54) is 17.7 Å². The first-order chi connectivity index (χ1) is 13.6. The van der Waals surface area contributed by atoms with Crippen LogP contribution < -0.4 is 23.8 Å². The Balaban J connectivity index is 1.65. The summed E-state index contributed by atoms with van der Waals surface area (Å²) in [4.78, 5) is 1.46. The molecule has 1 saturated heterocycles. The lowest BCUT2D eigenvalue weighted by molar-refractivity contribution is -0.962. The average Bonchev–Trinajstić information content (AvgIpc) is 3.38. The highest BCUT2D eigenvalue weighted by Gasteiger charge is 2.48. The van der Waals surface area contributed by atoms with Gasteiger partial charge < -0.3 is 24.1 Å². The molecule has 5 rings (SSSR count). The minimum atomic E-state index is -0.364. The van der Waals surface area contributed by atoms with Gasteiger partial charge in [0.05, 0.1) is 26.6 Å². The second kappa shape index (κ2) is 6.48. The number of aromatic hydroxyl groups is 1. The Morgan fingerprint density at radius 1 is 1.07 bits per heavy atom. The zero-order chi connectivity index (χ0) is 19.3. The normalized spacial score (nSPS) is 26.0. The number of likely N-dealkylation sites (tertiary alicyclic amines) is 1. The van der Waals surface area contributed by atoms with Gasteiger partial charge in [-0.3, -0.25) is 4.90 Å². The van der Waals surface area contributed by atoms with Crippen LogP contribution in [-0.2, 0) is 0 Å². The van der Waals surface area contributed by atoms with E-state index in [0.717, 1.165) is 42.1 Å². The van der Waals surface area contributed by atoms with E-state index in [4.69, 9.17) is 18.9 Å². The highest BCUT2D eigenvalue weighted by Crippen LogP contribution is 2.50. The van der Waals surface area contributed by atoms with Gasteiger partial charge in [-0.05, 0) is 12.1 Å². The van der Waals surface area contributed by atoms with E-state index >= 15 is 0 Å². The summed E-state index contributed by atoms with van der Waals surface area (Å²) in [6, 6.07) is 9.62. The fourth-order valence-electron chi connectivity index (χ4n) is 4.89. The first-order valence-corrected chi connectivity index (χ1v) is 9.92. The van der Waals surface area contributed by atoms with Crippen LogP contribution in [0.15, 0.2) is 30.3 Å². The molecule has 2 N–H and O–H groups in total. The number of para-hydroxylation sites is 1. The van der Waals surface area contributed by atoms with Gasteiger partial charge in [0, 0.05) is 42.9 Å². The third kappa shape index (κ3) is 2.66. The van der Waals surface area contributed by atoms with Crippen molar-refractivity contribution >= 4 is 0 Å². The van der Waals surface area contributed by atoms with E-state index < -0.39 is 0 Å². The minimum absolute atomic E-state index is 0.0218. The first-order valence-electron chi connectivity index (χ1n) is 9.92. The Bertz CT molecular complexity index is 908. The largest absolute Gasteiger partial charge is 0.504 e. The molecule has 0 saturated carbocycles. The number of nitrogens with one attached hydrogen (secondary N) is 1. The molecular weight excluding hydrogens is 358 g/mol. The molecular formula is C22H26NO5+. The number of quaternary nitrogens is 1. The standard InChI is InChI=1S/C22H25NO5/c1-22(23-8-3-4-9-23)12-16(14-6-5-7-17(25-2)21(14)24)15-10-19-20(27-13-26-19)11-18(15)28-22/h5-7,10-11,16,24H,3-4,8-9,12-13H2,1-2H3/p+1/t16-,22-/m1/s1. The number of benzene rings is 2. The molecule has 3 heterocycles. The number of ether oxygens (including phenoxy) is 4. The van der Waals surface area contributed by atoms with Crippen molar-refractivity contribution in [3.8, 4) is 28.7 Å². The molecule has 3 aliphatic rings. The molecule has 0 radical (unpaired) electrons. The summed E-state index contributed by atoms with van der Waals surface area (Å²) in [5.74, 6) is 2.91. The molecule has 0 bridgehead atoms. The number of hydrogen-bond donors (Lipinski definition) is 2. The zero-order valence-corrected chi connectivity index (χ0v) is 16.3. The van der Waals surface area contributed by atoms with Crippen LogP contribution in [0, 0.1) is 0 Å². The van der Waals surface area contributed by atoms with Crippen molar-refractivity contribution < 1.29 is 29.0 Å². The Kier molecular flexibility index (Phi) is 4.05. The number of rotatable bonds is 3. The molecule has 2 aromatic rings. The van der Waals surface area contributed by atoms with E-state index in [-0.39, 0.29) is 24.2 Å². The fraction of sp³-hybridized carbons (Fsp3) is 0.455. The minimum Gasteiger partial charge on any atom is -0.504 e. The molecule has 6 heteroatoms. The van der Waals surface area contributed by atoms with Gasteiger partial charge in [-0.15, -0.1) is 0 Å². The molecule has 148 valence electrons. The summed E-state index contributed by atoms with van der Waals surface area (Å²) in [6.45, 7) is 4.62. The smallest absolute Gasteiger partial charge is 0.239 e. The van der Waals surface area contributed by atoms with Crippen LogP contribution in [-0.4, -0.2) is 37.8 Å². The molecule has 2 atom stereocenters. The van der Waals surface area contributed by atoms with Gasteiger partial charge in [0.25, 0.3) is 0 Å². The monoisotopic (exact) mass is 384 g/mol. The highest BCUT2D eigenvalue weighted by molar-refractivity contribution is 5.58. The molecule has 0 spiro atoms. The van der Waals surface area contributed by atoms with Crippen molar-refractivity contribution in [2.75, 3.05) is 27.0 Å². The molecule has 0 aromatic heterocycles. The predicted octanol–water partition coefficient (Wildman–Crippen LogP) is 2.44. The summed E-state index contributed by atoms with van der Waals surface area (Å²) in [5, 5.41) is 10.9. The van der Waals surface area contributed by atoms with E-state index in [1.54, 1.807) is 13.2 Å². The van der Waals surface area contributed by atoms with Gasteiger partial charge in [-0.25, -0.2) is 0 Å². The van der Waals surface area contributed by atoms with Gasteiger partial charge in [-0.1, -0.05) is 12.1 Å². The molecule has 3 aliphatic heterocycles. The second-order valence-electron chi connectivity index (χ2n) is 8.04. The Morgan fingerprint density at radius 2 is 1.82 bits per heavy atom. The second-order valence-corrected chi connectivity index (χ2v) is 8.04. The maximum Gasteiger partial charge on any atom is 0.239 e. The third-order valence-corrected chi connectivity index (χ3v) is 6.39. The highest BCUT2D eigenvalue weighted by atomic mass is 16.7. The average molecular weight is 384 g/mol. The summed E-state index contributed by atoms with van der Waals surface area (Å²) in [6.07, 6.45) is 3.21. The van der Waals surface area contributed by atoms with Crippen LogP contribution in [0.25, 0.3) is 0 Å². The molecule has 1 fully saturated rings. The summed E-state index contributed by atoms with van der Waals surface area (Å²) < 4.78 is 23.1. The molecule has 0 unspecified atom stereocenters. The number of fused-ring (bicyclic) bond motifs is 2. The quantitative estimate of drug-likeness (QED) is 0.851. The lowest BCUT2D eigenvalue weighted by atomic mass is 9.81. The molecule has 2 aromatic carbocycles. The van der Waals surface area contributed by atoms with Gasteiger partial charge >= 0.3 is 0 Å². The fourth-order valence-corrected chi connectivity index (χ4v) is 4.89. The van der Waals surface area contributed by atoms with Crippen LogP contribution in [0.5, 0.6) is 28.7 Å². The lowest BCUT2D eigenvalue weighted by Gasteiger charge is -2.42. The first kappa shape index (κ1) is 17.5. The molecule has 0 aliphatic carbocycles. The van der Waals surface area contributed by atoms with Crippen molar-refractivity contribution in [3.63, 3.8) is 0 Å². The molecule has 6 nitrogen and oxygen atoms in total. The van der Waals surface area contributed by atoms with Crippen LogP contribution in [0.4, 0.5) is 0 Å². The van der Waals surface area contributed by atoms with Gasteiger partial charge in [0.1, 0.15) is 5.75 Å². The van der Waals surface area contributed by atoms with Crippen molar-refractivity contribution in [3.05, 3.63) is 41.5 Å². The van der Waals surface area contributed by atoms with Crippen molar-refractivity contribution in [2.24, 2.45) is 0 Å². The van der Waals surface area contributed by atoms with Crippen LogP contribution >= 0.6 is 0 Å². The Hall–Kier alpha value is -2.60. The predicted molar refractivity (Wildman–Crippen MR) is 103 cm³/mol. The van der Waals surface area contributed by atoms with Crippen molar-refractivity contribution in [2.45, 2.75) is 37.8 Å². The topological polar surface area (TPSA) is 61.6 Å².